The van der Waals surface area contributed by atoms with Crippen LogP contribution in [-0.2, 0) is 11.3 Å². The maximum atomic E-state index is 12.3. The molecule has 5 nitrogen and oxygen atoms in total. The molecule has 2 rings (SSSR count). The van der Waals surface area contributed by atoms with Crippen LogP contribution in [0.1, 0.15) is 37.7 Å². The lowest BCUT2D eigenvalue weighted by Gasteiger charge is -2.31. The zero-order valence-corrected chi connectivity index (χ0v) is 14.0. The van der Waals surface area contributed by atoms with Crippen LogP contribution in [0.4, 0.5) is 0 Å². The average Bonchev–Trinajstić information content (AvgIpc) is 2.52. The molecule has 3 N–H and O–H groups in total. The number of nitrogens with two attached hydrogens (primary N) is 1. The average molecular weight is 329 g/mol. The van der Waals surface area contributed by atoms with Crippen molar-refractivity contribution in [2.24, 2.45) is 5.73 Å². The van der Waals surface area contributed by atoms with Gasteiger partial charge < -0.3 is 20.5 Å². The maximum absolute atomic E-state index is 12.3. The molecule has 6 heteroatoms. The van der Waals surface area contributed by atoms with E-state index in [2.05, 4.69) is 5.32 Å². The van der Waals surface area contributed by atoms with Crippen molar-refractivity contribution in [2.45, 2.75) is 44.2 Å². The van der Waals surface area contributed by atoms with E-state index in [1.807, 2.05) is 18.2 Å². The molecular weight excluding hydrogens is 304 g/mol. The first kappa shape index (κ1) is 18.6. The summed E-state index contributed by atoms with van der Waals surface area (Å²) >= 11 is 0. The summed E-state index contributed by atoms with van der Waals surface area (Å²) in [5, 5.41) is 2.94. The summed E-state index contributed by atoms with van der Waals surface area (Å²) in [6, 6.07) is 5.53. The minimum absolute atomic E-state index is 0. The number of ether oxygens (including phenoxy) is 2. The van der Waals surface area contributed by atoms with Crippen LogP contribution < -0.4 is 20.5 Å². The lowest BCUT2D eigenvalue weighted by atomic mass is 9.82. The van der Waals surface area contributed by atoms with E-state index in [0.29, 0.717) is 6.54 Å². The topological polar surface area (TPSA) is 73.6 Å². The van der Waals surface area contributed by atoms with Gasteiger partial charge in [-0.05, 0) is 31.0 Å². The van der Waals surface area contributed by atoms with Crippen LogP contribution in [-0.4, -0.2) is 25.7 Å². The summed E-state index contributed by atoms with van der Waals surface area (Å²) in [4.78, 5) is 12.3. The molecule has 1 aromatic carbocycles. The lowest BCUT2D eigenvalue weighted by molar-refractivity contribution is -0.127. The van der Waals surface area contributed by atoms with E-state index < -0.39 is 5.54 Å². The smallest absolute Gasteiger partial charge is 0.240 e. The van der Waals surface area contributed by atoms with E-state index in [-0.39, 0.29) is 18.3 Å². The Morgan fingerprint density at radius 2 is 1.91 bits per heavy atom. The first-order chi connectivity index (χ1) is 10.1. The summed E-state index contributed by atoms with van der Waals surface area (Å²) in [7, 11) is 3.22. The van der Waals surface area contributed by atoms with Crippen molar-refractivity contribution in [3.8, 4) is 11.5 Å². The first-order valence-electron chi connectivity index (χ1n) is 7.37. The van der Waals surface area contributed by atoms with Crippen molar-refractivity contribution < 1.29 is 14.3 Å². The van der Waals surface area contributed by atoms with Gasteiger partial charge in [-0.2, -0.15) is 0 Å². The largest absolute Gasteiger partial charge is 0.497 e. The molecule has 22 heavy (non-hydrogen) atoms. The third-order valence-corrected chi connectivity index (χ3v) is 4.12. The molecule has 1 amide bonds. The van der Waals surface area contributed by atoms with Gasteiger partial charge in [0.25, 0.3) is 0 Å². The molecule has 1 aliphatic carbocycles. The van der Waals surface area contributed by atoms with Crippen LogP contribution in [0.3, 0.4) is 0 Å². The first-order valence-corrected chi connectivity index (χ1v) is 7.37. The molecule has 1 aliphatic rings. The fourth-order valence-corrected chi connectivity index (χ4v) is 2.78. The number of methoxy groups -OCH3 is 2. The SMILES string of the molecule is COc1ccc(OC)c(CNC(=O)C2(N)CCCCC2)c1.Cl. The Hall–Kier alpha value is -1.46. The molecule has 0 bridgehead atoms. The quantitative estimate of drug-likeness (QED) is 0.870. The van der Waals surface area contributed by atoms with Gasteiger partial charge in [-0.15, -0.1) is 12.4 Å². The van der Waals surface area contributed by atoms with E-state index in [1.165, 1.54) is 0 Å². The summed E-state index contributed by atoms with van der Waals surface area (Å²) < 4.78 is 10.5. The number of carbonyl (C=O) groups excluding carboxylic acids is 1. The highest BCUT2D eigenvalue weighted by atomic mass is 35.5. The highest BCUT2D eigenvalue weighted by molar-refractivity contribution is 5.86. The van der Waals surface area contributed by atoms with E-state index >= 15 is 0 Å². The van der Waals surface area contributed by atoms with Gasteiger partial charge in [0.05, 0.1) is 19.8 Å². The summed E-state index contributed by atoms with van der Waals surface area (Å²) in [6.45, 7) is 0.387. The second-order valence-electron chi connectivity index (χ2n) is 5.58. The highest BCUT2D eigenvalue weighted by Gasteiger charge is 2.35. The van der Waals surface area contributed by atoms with Crippen LogP contribution in [0.5, 0.6) is 11.5 Å². The second-order valence-corrected chi connectivity index (χ2v) is 5.58. The van der Waals surface area contributed by atoms with Gasteiger partial charge in [-0.1, -0.05) is 19.3 Å². The molecule has 1 aromatic rings. The highest BCUT2D eigenvalue weighted by Crippen LogP contribution is 2.27. The predicted octanol–water partition coefficient (Wildman–Crippen LogP) is 2.40. The van der Waals surface area contributed by atoms with Crippen molar-refractivity contribution in [3.05, 3.63) is 23.8 Å². The number of hydrogen-bond acceptors (Lipinski definition) is 4. The van der Waals surface area contributed by atoms with Crippen molar-refractivity contribution in [3.63, 3.8) is 0 Å². The number of rotatable bonds is 5. The lowest BCUT2D eigenvalue weighted by Crippen LogP contribution is -2.54. The number of amides is 1. The third-order valence-electron chi connectivity index (χ3n) is 4.12. The minimum atomic E-state index is -0.718. The molecule has 0 unspecified atom stereocenters. The van der Waals surface area contributed by atoms with E-state index in [1.54, 1.807) is 14.2 Å². The second kappa shape index (κ2) is 8.25. The molecule has 0 heterocycles. The zero-order valence-electron chi connectivity index (χ0n) is 13.2. The van der Waals surface area contributed by atoms with Gasteiger partial charge in [0.15, 0.2) is 0 Å². The van der Waals surface area contributed by atoms with Crippen molar-refractivity contribution in [1.29, 1.82) is 0 Å². The molecule has 0 atom stereocenters. The van der Waals surface area contributed by atoms with Crippen molar-refractivity contribution in [2.75, 3.05) is 14.2 Å². The number of carbonyl (C=O) groups is 1. The Balaban J connectivity index is 0.00000242. The third kappa shape index (κ3) is 4.27. The molecule has 1 saturated carbocycles. The molecule has 0 spiro atoms. The molecule has 0 aromatic heterocycles. The van der Waals surface area contributed by atoms with Gasteiger partial charge in [-0.25, -0.2) is 0 Å². The normalized spacial score (nSPS) is 16.3. The standard InChI is InChI=1S/C16H24N2O3.ClH/c1-20-13-6-7-14(21-2)12(10-13)11-18-15(19)16(17)8-4-3-5-9-16;/h6-7,10H,3-5,8-9,11,17H2,1-2H3,(H,18,19);1H. The Bertz CT molecular complexity index is 502. The van der Waals surface area contributed by atoms with Crippen LogP contribution in [0.15, 0.2) is 18.2 Å². The van der Waals surface area contributed by atoms with E-state index in [0.717, 1.165) is 49.2 Å². The molecular formula is C16H25ClN2O3. The Morgan fingerprint density at radius 3 is 2.50 bits per heavy atom. The van der Waals surface area contributed by atoms with Gasteiger partial charge in [0, 0.05) is 12.1 Å². The monoisotopic (exact) mass is 328 g/mol. The van der Waals surface area contributed by atoms with Gasteiger partial charge in [0.2, 0.25) is 5.91 Å². The maximum Gasteiger partial charge on any atom is 0.240 e. The fourth-order valence-electron chi connectivity index (χ4n) is 2.78. The van der Waals surface area contributed by atoms with Crippen molar-refractivity contribution in [1.82, 2.24) is 5.32 Å². The van der Waals surface area contributed by atoms with E-state index in [4.69, 9.17) is 15.2 Å². The molecule has 0 aliphatic heterocycles. The van der Waals surface area contributed by atoms with Gasteiger partial charge >= 0.3 is 0 Å². The Kier molecular flexibility index (Phi) is 6.97. The van der Waals surface area contributed by atoms with Crippen LogP contribution in [0.25, 0.3) is 0 Å². The van der Waals surface area contributed by atoms with Crippen LogP contribution in [0, 0.1) is 0 Å². The number of nitrogens with one attached hydrogen (secondary N) is 1. The van der Waals surface area contributed by atoms with Gasteiger partial charge in [-0.3, -0.25) is 4.79 Å². The van der Waals surface area contributed by atoms with Crippen LogP contribution >= 0.6 is 12.4 Å². The molecule has 124 valence electrons. The molecule has 0 saturated heterocycles. The van der Waals surface area contributed by atoms with E-state index in [9.17, 15) is 4.79 Å². The van der Waals surface area contributed by atoms with Gasteiger partial charge in [0.1, 0.15) is 11.5 Å². The minimum Gasteiger partial charge on any atom is -0.497 e. The Morgan fingerprint density at radius 1 is 1.23 bits per heavy atom. The molecule has 1 fully saturated rings. The summed E-state index contributed by atoms with van der Waals surface area (Å²) in [6.07, 6.45) is 4.72. The molecule has 0 radical (unpaired) electrons. The van der Waals surface area contributed by atoms with Crippen LogP contribution in [0.2, 0.25) is 0 Å². The summed E-state index contributed by atoms with van der Waals surface area (Å²) in [5.74, 6) is 1.39. The fraction of sp³-hybridized carbons (Fsp3) is 0.562. The predicted molar refractivity (Wildman–Crippen MR) is 88.6 cm³/mol. The summed E-state index contributed by atoms with van der Waals surface area (Å²) in [5.41, 5.74) is 6.39. The van der Waals surface area contributed by atoms with Crippen molar-refractivity contribution >= 4 is 18.3 Å². The number of halogens is 1. The number of benzene rings is 1. The number of hydrogen-bond donors (Lipinski definition) is 2. The Labute approximate surface area is 138 Å². The zero-order chi connectivity index (χ0) is 15.3.